The quantitative estimate of drug-likeness (QED) is 0.709. The fraction of sp³-hybridized carbons (Fsp3) is 0.875. The van der Waals surface area contributed by atoms with Crippen LogP contribution in [0.5, 0.6) is 0 Å². The Morgan fingerprint density at radius 2 is 1.93 bits per heavy atom. The molecule has 1 aliphatic rings. The predicted octanol–water partition coefficient (Wildman–Crippen LogP) is 0.181. The number of carboxylic acid groups (broad SMARTS) is 1. The van der Waals surface area contributed by atoms with Gasteiger partial charge in [0, 0.05) is 6.54 Å². The maximum Gasteiger partial charge on any atom is 0.310 e. The lowest BCUT2D eigenvalue weighted by molar-refractivity contribution is -0.148. The van der Waals surface area contributed by atoms with E-state index >= 15 is 0 Å². The molecule has 2 N–H and O–H groups in total. The van der Waals surface area contributed by atoms with Crippen molar-refractivity contribution in [2.45, 2.75) is 25.7 Å². The second-order valence-electron chi connectivity index (χ2n) is 3.89. The highest BCUT2D eigenvalue weighted by molar-refractivity contribution is 7.88. The van der Waals surface area contributed by atoms with Crippen LogP contribution in [0.25, 0.3) is 0 Å². The molecule has 1 aliphatic carbocycles. The second kappa shape index (κ2) is 3.86. The zero-order valence-electron chi connectivity index (χ0n) is 8.12. The standard InChI is InChI=1S/C8H15NO4S/c1-14(12,13)9-6-8(7(10)11)4-2-3-5-8/h9H,2-6H2,1H3,(H,10,11). The molecular weight excluding hydrogens is 206 g/mol. The predicted molar refractivity (Wildman–Crippen MR) is 51.4 cm³/mol. The van der Waals surface area contributed by atoms with Crippen molar-refractivity contribution in [3.63, 3.8) is 0 Å². The fourth-order valence-corrected chi connectivity index (χ4v) is 2.33. The van der Waals surface area contributed by atoms with Gasteiger partial charge in [-0.2, -0.15) is 0 Å². The van der Waals surface area contributed by atoms with Gasteiger partial charge in [0.25, 0.3) is 0 Å². The molecule has 0 unspecified atom stereocenters. The smallest absolute Gasteiger partial charge is 0.310 e. The number of rotatable bonds is 4. The van der Waals surface area contributed by atoms with Crippen molar-refractivity contribution in [1.82, 2.24) is 4.72 Å². The molecule has 82 valence electrons. The number of carbonyl (C=O) groups is 1. The first kappa shape index (κ1) is 11.5. The Bertz CT molecular complexity index is 316. The number of carboxylic acids is 1. The Labute approximate surface area is 83.6 Å². The largest absolute Gasteiger partial charge is 0.481 e. The first-order chi connectivity index (χ1) is 6.36. The van der Waals surface area contributed by atoms with Crippen molar-refractivity contribution in [2.75, 3.05) is 12.8 Å². The summed E-state index contributed by atoms with van der Waals surface area (Å²) in [6.07, 6.45) is 3.88. The highest BCUT2D eigenvalue weighted by Gasteiger charge is 2.41. The molecular formula is C8H15NO4S. The highest BCUT2D eigenvalue weighted by Crippen LogP contribution is 2.37. The molecule has 0 aromatic rings. The molecule has 0 aromatic heterocycles. The minimum absolute atomic E-state index is 0.0150. The Kier molecular flexibility index (Phi) is 3.16. The molecule has 6 heteroatoms. The molecule has 0 aliphatic heterocycles. The second-order valence-corrected chi connectivity index (χ2v) is 5.72. The normalized spacial score (nSPS) is 20.9. The summed E-state index contributed by atoms with van der Waals surface area (Å²) in [5, 5.41) is 9.03. The van der Waals surface area contributed by atoms with Gasteiger partial charge in [0.1, 0.15) is 0 Å². The molecule has 0 spiro atoms. The zero-order valence-corrected chi connectivity index (χ0v) is 8.93. The molecule has 0 heterocycles. The highest BCUT2D eigenvalue weighted by atomic mass is 32.2. The zero-order chi connectivity index (χ0) is 10.8. The van der Waals surface area contributed by atoms with Crippen molar-refractivity contribution in [3.05, 3.63) is 0 Å². The lowest BCUT2D eigenvalue weighted by Crippen LogP contribution is -2.40. The maximum atomic E-state index is 11.0. The van der Waals surface area contributed by atoms with E-state index in [9.17, 15) is 13.2 Å². The van der Waals surface area contributed by atoms with Gasteiger partial charge in [-0.3, -0.25) is 4.79 Å². The third-order valence-corrected chi connectivity index (χ3v) is 3.36. The van der Waals surface area contributed by atoms with E-state index in [1.165, 1.54) is 0 Å². The summed E-state index contributed by atoms with van der Waals surface area (Å²) in [4.78, 5) is 11.0. The number of sulfonamides is 1. The van der Waals surface area contributed by atoms with Gasteiger partial charge in [-0.05, 0) is 12.8 Å². The molecule has 0 atom stereocenters. The van der Waals surface area contributed by atoms with Crippen LogP contribution in [0.2, 0.25) is 0 Å². The SMILES string of the molecule is CS(=O)(=O)NCC1(C(=O)O)CCCC1. The third-order valence-electron chi connectivity index (χ3n) is 2.69. The Balaban J connectivity index is 2.66. The van der Waals surface area contributed by atoms with E-state index in [1.807, 2.05) is 0 Å². The van der Waals surface area contributed by atoms with Crippen LogP contribution in [-0.4, -0.2) is 32.3 Å². The third kappa shape index (κ3) is 2.68. The van der Waals surface area contributed by atoms with Crippen molar-refractivity contribution in [1.29, 1.82) is 0 Å². The molecule has 1 saturated carbocycles. The van der Waals surface area contributed by atoms with Crippen LogP contribution in [-0.2, 0) is 14.8 Å². The number of aliphatic carboxylic acids is 1. The van der Waals surface area contributed by atoms with Crippen LogP contribution in [0.1, 0.15) is 25.7 Å². The minimum Gasteiger partial charge on any atom is -0.481 e. The van der Waals surface area contributed by atoms with Crippen molar-refractivity contribution in [3.8, 4) is 0 Å². The Morgan fingerprint density at radius 3 is 2.29 bits per heavy atom. The molecule has 14 heavy (non-hydrogen) atoms. The molecule has 1 rings (SSSR count). The first-order valence-corrected chi connectivity index (χ1v) is 6.43. The summed E-state index contributed by atoms with van der Waals surface area (Å²) >= 11 is 0. The summed E-state index contributed by atoms with van der Waals surface area (Å²) in [6, 6.07) is 0. The fourth-order valence-electron chi connectivity index (χ4n) is 1.79. The van der Waals surface area contributed by atoms with E-state index in [0.717, 1.165) is 19.1 Å². The van der Waals surface area contributed by atoms with Crippen LogP contribution in [0, 0.1) is 5.41 Å². The molecule has 0 amide bonds. The van der Waals surface area contributed by atoms with Crippen LogP contribution in [0.4, 0.5) is 0 Å². The van der Waals surface area contributed by atoms with Gasteiger partial charge in [-0.1, -0.05) is 12.8 Å². The van der Waals surface area contributed by atoms with Crippen LogP contribution >= 0.6 is 0 Å². The topological polar surface area (TPSA) is 83.5 Å². The van der Waals surface area contributed by atoms with Crippen LogP contribution in [0.15, 0.2) is 0 Å². The molecule has 0 saturated heterocycles. The summed E-state index contributed by atoms with van der Waals surface area (Å²) < 4.78 is 24.0. The van der Waals surface area contributed by atoms with Gasteiger partial charge in [0.2, 0.25) is 10.0 Å². The van der Waals surface area contributed by atoms with Gasteiger partial charge in [-0.15, -0.1) is 0 Å². The number of nitrogens with one attached hydrogen (secondary N) is 1. The van der Waals surface area contributed by atoms with E-state index in [2.05, 4.69) is 4.72 Å². The monoisotopic (exact) mass is 221 g/mol. The van der Waals surface area contributed by atoms with Crippen molar-refractivity contribution in [2.24, 2.45) is 5.41 Å². The maximum absolute atomic E-state index is 11.0. The van der Waals surface area contributed by atoms with E-state index in [-0.39, 0.29) is 6.54 Å². The molecule has 5 nitrogen and oxygen atoms in total. The average molecular weight is 221 g/mol. The van der Waals surface area contributed by atoms with Crippen LogP contribution in [0.3, 0.4) is 0 Å². The van der Waals surface area contributed by atoms with Gasteiger partial charge in [0.15, 0.2) is 0 Å². The lowest BCUT2D eigenvalue weighted by Gasteiger charge is -2.23. The van der Waals surface area contributed by atoms with Gasteiger partial charge in [0.05, 0.1) is 11.7 Å². The van der Waals surface area contributed by atoms with Crippen LogP contribution < -0.4 is 4.72 Å². The van der Waals surface area contributed by atoms with Crippen molar-refractivity contribution < 1.29 is 18.3 Å². The van der Waals surface area contributed by atoms with E-state index in [4.69, 9.17) is 5.11 Å². The van der Waals surface area contributed by atoms with E-state index in [0.29, 0.717) is 12.8 Å². The summed E-state index contributed by atoms with van der Waals surface area (Å²) in [7, 11) is -3.30. The lowest BCUT2D eigenvalue weighted by atomic mass is 9.87. The summed E-state index contributed by atoms with van der Waals surface area (Å²) in [6.45, 7) is 0.0150. The van der Waals surface area contributed by atoms with Gasteiger partial charge >= 0.3 is 5.97 Å². The molecule has 0 radical (unpaired) electrons. The average Bonchev–Trinajstić information content (AvgIpc) is 2.48. The van der Waals surface area contributed by atoms with Crippen molar-refractivity contribution >= 4 is 16.0 Å². The Hall–Kier alpha value is -0.620. The summed E-state index contributed by atoms with van der Waals surface area (Å²) in [5.41, 5.74) is -0.872. The Morgan fingerprint density at radius 1 is 1.43 bits per heavy atom. The van der Waals surface area contributed by atoms with E-state index in [1.54, 1.807) is 0 Å². The first-order valence-electron chi connectivity index (χ1n) is 4.54. The van der Waals surface area contributed by atoms with Gasteiger partial charge in [-0.25, -0.2) is 13.1 Å². The molecule has 0 aromatic carbocycles. The molecule has 0 bridgehead atoms. The minimum atomic E-state index is -3.30. The van der Waals surface area contributed by atoms with Gasteiger partial charge < -0.3 is 5.11 Å². The number of hydrogen-bond donors (Lipinski definition) is 2. The molecule has 1 fully saturated rings. The van der Waals surface area contributed by atoms with E-state index < -0.39 is 21.4 Å². The number of hydrogen-bond acceptors (Lipinski definition) is 3. The summed E-state index contributed by atoms with van der Waals surface area (Å²) in [5.74, 6) is -0.897.